The summed E-state index contributed by atoms with van der Waals surface area (Å²) < 4.78 is 5.22. The minimum Gasteiger partial charge on any atom is -0.309 e. The van der Waals surface area contributed by atoms with Crippen LogP contribution in [0.5, 0.6) is 0 Å². The normalized spacial score (nSPS) is 13.8. The van der Waals surface area contributed by atoms with E-state index >= 15 is 0 Å². The molecular formula is C39H27NS. The summed E-state index contributed by atoms with van der Waals surface area (Å²) in [7, 11) is 0. The molecule has 6 aromatic carbocycles. The maximum absolute atomic E-state index is 2.45. The van der Waals surface area contributed by atoms with Gasteiger partial charge in [0.2, 0.25) is 0 Å². The first-order chi connectivity index (χ1) is 20.1. The largest absolute Gasteiger partial charge is 0.309 e. The van der Waals surface area contributed by atoms with Crippen LogP contribution in [0.15, 0.2) is 127 Å². The molecule has 0 saturated heterocycles. The lowest BCUT2D eigenvalue weighted by molar-refractivity contribution is 0.660. The fourth-order valence-electron chi connectivity index (χ4n) is 7.19. The van der Waals surface area contributed by atoms with Crippen LogP contribution in [0, 0.1) is 0 Å². The lowest BCUT2D eigenvalue weighted by Gasteiger charge is -2.22. The maximum Gasteiger partial charge on any atom is 0.0541 e. The molecule has 2 heteroatoms. The smallest absolute Gasteiger partial charge is 0.0541 e. The molecule has 2 aromatic heterocycles. The van der Waals surface area contributed by atoms with Gasteiger partial charge in [-0.05, 0) is 64.2 Å². The van der Waals surface area contributed by atoms with Crippen molar-refractivity contribution >= 4 is 53.3 Å². The molecule has 0 atom stereocenters. The number of benzene rings is 6. The zero-order valence-corrected chi connectivity index (χ0v) is 23.8. The number of nitrogens with zero attached hydrogens (tertiary/aromatic N) is 1. The number of rotatable bonds is 2. The van der Waals surface area contributed by atoms with Crippen LogP contribution in [-0.4, -0.2) is 4.57 Å². The Morgan fingerprint density at radius 2 is 1.29 bits per heavy atom. The molecule has 8 aromatic rings. The predicted octanol–water partition coefficient (Wildman–Crippen LogP) is 11.1. The second-order valence-corrected chi connectivity index (χ2v) is 12.8. The van der Waals surface area contributed by atoms with Gasteiger partial charge in [-0.2, -0.15) is 0 Å². The molecule has 0 spiro atoms. The number of para-hydroxylation sites is 1. The first-order valence-electron chi connectivity index (χ1n) is 14.3. The van der Waals surface area contributed by atoms with Crippen molar-refractivity contribution in [2.75, 3.05) is 0 Å². The van der Waals surface area contributed by atoms with Gasteiger partial charge in [0.25, 0.3) is 0 Å². The Bertz CT molecular complexity index is 2330. The third-order valence-corrected chi connectivity index (χ3v) is 10.4. The molecule has 0 N–H and O–H groups in total. The number of thiophene rings is 1. The molecule has 0 saturated carbocycles. The molecule has 0 aliphatic heterocycles. The van der Waals surface area contributed by atoms with Crippen molar-refractivity contribution in [3.63, 3.8) is 0 Å². The maximum atomic E-state index is 2.45. The predicted molar refractivity (Wildman–Crippen MR) is 177 cm³/mol. The molecule has 41 heavy (non-hydrogen) atoms. The van der Waals surface area contributed by atoms with E-state index in [2.05, 4.69) is 146 Å². The van der Waals surface area contributed by atoms with Crippen molar-refractivity contribution < 1.29 is 0 Å². The third-order valence-electron chi connectivity index (χ3n) is 9.20. The Hall–Kier alpha value is -4.66. The number of aromatic nitrogens is 1. The second-order valence-electron chi connectivity index (χ2n) is 11.8. The highest BCUT2D eigenvalue weighted by Gasteiger charge is 2.37. The van der Waals surface area contributed by atoms with E-state index in [0.717, 1.165) is 0 Å². The SMILES string of the molecule is CC1(C)c2cc(-n3c4ccccc4c4cc(-c5ccccc5)ccc43)ccc2-c2c1ccc1c2sc2ccccc21. The zero-order valence-electron chi connectivity index (χ0n) is 23.0. The number of fused-ring (bicyclic) bond motifs is 10. The highest BCUT2D eigenvalue weighted by molar-refractivity contribution is 7.26. The molecule has 1 nitrogen and oxygen atoms in total. The number of hydrogen-bond acceptors (Lipinski definition) is 1. The molecule has 9 rings (SSSR count). The van der Waals surface area contributed by atoms with E-state index in [1.807, 2.05) is 11.3 Å². The molecule has 1 aliphatic rings. The molecule has 1 aliphatic carbocycles. The Morgan fingerprint density at radius 3 is 2.17 bits per heavy atom. The first kappa shape index (κ1) is 23.1. The highest BCUT2D eigenvalue weighted by Crippen LogP contribution is 2.54. The van der Waals surface area contributed by atoms with Crippen LogP contribution in [0.25, 0.3) is 69.9 Å². The summed E-state index contributed by atoms with van der Waals surface area (Å²) in [5.74, 6) is 0. The summed E-state index contributed by atoms with van der Waals surface area (Å²) in [4.78, 5) is 0. The highest BCUT2D eigenvalue weighted by atomic mass is 32.1. The molecule has 194 valence electrons. The topological polar surface area (TPSA) is 4.93 Å². The van der Waals surface area contributed by atoms with Gasteiger partial charge in [0.15, 0.2) is 0 Å². The van der Waals surface area contributed by atoms with Crippen molar-refractivity contribution in [2.45, 2.75) is 19.3 Å². The lowest BCUT2D eigenvalue weighted by atomic mass is 9.82. The van der Waals surface area contributed by atoms with Crippen LogP contribution < -0.4 is 0 Å². The summed E-state index contributed by atoms with van der Waals surface area (Å²) in [5, 5.41) is 5.30. The van der Waals surface area contributed by atoms with Gasteiger partial charge in [-0.25, -0.2) is 0 Å². The van der Waals surface area contributed by atoms with Gasteiger partial charge in [-0.3, -0.25) is 0 Å². The van der Waals surface area contributed by atoms with Gasteiger partial charge < -0.3 is 4.57 Å². The second kappa shape index (κ2) is 8.19. The Kier molecular flexibility index (Phi) is 4.61. The summed E-state index contributed by atoms with van der Waals surface area (Å²) in [6.07, 6.45) is 0. The van der Waals surface area contributed by atoms with Gasteiger partial charge in [0, 0.05) is 47.6 Å². The third kappa shape index (κ3) is 3.11. The van der Waals surface area contributed by atoms with Crippen molar-refractivity contribution in [1.82, 2.24) is 4.57 Å². The summed E-state index contributed by atoms with van der Waals surface area (Å²) >= 11 is 1.93. The van der Waals surface area contributed by atoms with Gasteiger partial charge in [0.1, 0.15) is 0 Å². The van der Waals surface area contributed by atoms with Crippen LogP contribution in [0.3, 0.4) is 0 Å². The van der Waals surface area contributed by atoms with Crippen molar-refractivity contribution in [2.24, 2.45) is 0 Å². The zero-order chi connectivity index (χ0) is 27.3. The van der Waals surface area contributed by atoms with E-state index in [1.165, 1.54) is 81.0 Å². The summed E-state index contributed by atoms with van der Waals surface area (Å²) in [6.45, 7) is 4.78. The van der Waals surface area contributed by atoms with Gasteiger partial charge in [-0.15, -0.1) is 11.3 Å². The van der Waals surface area contributed by atoms with E-state index in [1.54, 1.807) is 0 Å². The Labute approximate surface area is 242 Å². The van der Waals surface area contributed by atoms with Gasteiger partial charge in [0.05, 0.1) is 11.0 Å². The molecule has 0 fully saturated rings. The quantitative estimate of drug-likeness (QED) is 0.205. The van der Waals surface area contributed by atoms with Gasteiger partial charge >= 0.3 is 0 Å². The Balaban J connectivity index is 1.29. The van der Waals surface area contributed by atoms with Gasteiger partial charge in [-0.1, -0.05) is 105 Å². The van der Waals surface area contributed by atoms with Crippen LogP contribution in [0.4, 0.5) is 0 Å². The average molecular weight is 542 g/mol. The monoisotopic (exact) mass is 541 g/mol. The number of hydrogen-bond donors (Lipinski definition) is 0. The van der Waals surface area contributed by atoms with E-state index < -0.39 is 0 Å². The standard InChI is InChI=1S/C39H27NS/c1-39(2)32-20-19-29-28-13-7-9-15-36(28)41-38(29)37(32)30-18-17-26(23-33(30)39)40-34-14-8-6-12-27(34)31-22-25(16-21-35(31)40)24-10-4-3-5-11-24/h3-23H,1-2H3. The minimum atomic E-state index is -0.0791. The fraction of sp³-hybridized carbons (Fsp3) is 0.0769. The molecular weight excluding hydrogens is 515 g/mol. The fourth-order valence-corrected chi connectivity index (χ4v) is 8.45. The Morgan fingerprint density at radius 1 is 0.537 bits per heavy atom. The van der Waals surface area contributed by atoms with Crippen LogP contribution in [0.1, 0.15) is 25.0 Å². The van der Waals surface area contributed by atoms with E-state index in [0.29, 0.717) is 0 Å². The van der Waals surface area contributed by atoms with E-state index in [9.17, 15) is 0 Å². The van der Waals surface area contributed by atoms with Crippen LogP contribution >= 0.6 is 11.3 Å². The molecule has 0 unspecified atom stereocenters. The van der Waals surface area contributed by atoms with Crippen LogP contribution in [0.2, 0.25) is 0 Å². The van der Waals surface area contributed by atoms with Crippen molar-refractivity contribution in [3.05, 3.63) is 139 Å². The van der Waals surface area contributed by atoms with E-state index in [-0.39, 0.29) is 5.41 Å². The molecule has 2 heterocycles. The minimum absolute atomic E-state index is 0.0791. The first-order valence-corrected chi connectivity index (χ1v) is 15.1. The van der Waals surface area contributed by atoms with Crippen molar-refractivity contribution in [1.29, 1.82) is 0 Å². The van der Waals surface area contributed by atoms with E-state index in [4.69, 9.17) is 0 Å². The lowest BCUT2D eigenvalue weighted by Crippen LogP contribution is -2.15. The summed E-state index contributed by atoms with van der Waals surface area (Å²) in [5.41, 5.74) is 11.7. The summed E-state index contributed by atoms with van der Waals surface area (Å²) in [6, 6.07) is 47.1. The van der Waals surface area contributed by atoms with Crippen molar-refractivity contribution in [3.8, 4) is 27.9 Å². The average Bonchev–Trinajstić information content (AvgIpc) is 3.63. The molecule has 0 amide bonds. The van der Waals surface area contributed by atoms with Crippen LogP contribution in [-0.2, 0) is 5.41 Å². The molecule has 0 bridgehead atoms. The molecule has 0 radical (unpaired) electrons.